The summed E-state index contributed by atoms with van der Waals surface area (Å²) in [7, 11) is -3.15. The largest absolute Gasteiger partial charge is 0.337 e. The molecule has 1 aromatic rings. The lowest BCUT2D eigenvalue weighted by Crippen LogP contribution is -2.42. The summed E-state index contributed by atoms with van der Waals surface area (Å²) in [5, 5.41) is 4.14. The smallest absolute Gasteiger partial charge is 0.272 e. The van der Waals surface area contributed by atoms with Crippen LogP contribution >= 0.6 is 0 Å². The van der Waals surface area contributed by atoms with Gasteiger partial charge in [0.2, 0.25) is 10.0 Å². The van der Waals surface area contributed by atoms with Gasteiger partial charge >= 0.3 is 0 Å². The molecule has 1 N–H and O–H groups in total. The first-order valence-electron chi connectivity index (χ1n) is 7.63. The zero-order valence-corrected chi connectivity index (χ0v) is 13.8. The average Bonchev–Trinajstić information content (AvgIpc) is 2.89. The van der Waals surface area contributed by atoms with Gasteiger partial charge in [-0.2, -0.15) is 5.10 Å². The molecule has 1 amide bonds. The summed E-state index contributed by atoms with van der Waals surface area (Å²) < 4.78 is 27.0. The van der Waals surface area contributed by atoms with Crippen molar-refractivity contribution >= 4 is 15.9 Å². The van der Waals surface area contributed by atoms with E-state index >= 15 is 0 Å². The fourth-order valence-corrected chi connectivity index (χ4v) is 4.26. The highest BCUT2D eigenvalue weighted by molar-refractivity contribution is 7.88. The second-order valence-electron chi connectivity index (χ2n) is 6.33. The van der Waals surface area contributed by atoms with Gasteiger partial charge in [-0.1, -0.05) is 0 Å². The monoisotopic (exact) mass is 326 g/mol. The number of nitrogens with one attached hydrogen (secondary N) is 1. The topological polar surface area (TPSA) is 84.3 Å². The van der Waals surface area contributed by atoms with E-state index in [1.54, 1.807) is 16.9 Å². The molecule has 7 nitrogen and oxygen atoms in total. The van der Waals surface area contributed by atoms with Crippen LogP contribution in [0.1, 0.15) is 36.7 Å². The van der Waals surface area contributed by atoms with Gasteiger partial charge in [-0.15, -0.1) is 0 Å². The summed E-state index contributed by atoms with van der Waals surface area (Å²) in [5.41, 5.74) is 0.685. The van der Waals surface area contributed by atoms with E-state index in [1.807, 2.05) is 11.8 Å². The third-order valence-corrected chi connectivity index (χ3v) is 5.54. The molecule has 22 heavy (non-hydrogen) atoms. The summed E-state index contributed by atoms with van der Waals surface area (Å²) >= 11 is 0. The molecule has 1 atom stereocenters. The van der Waals surface area contributed by atoms with Crippen molar-refractivity contribution in [1.29, 1.82) is 0 Å². The lowest BCUT2D eigenvalue weighted by molar-refractivity contribution is 0.0661. The van der Waals surface area contributed by atoms with Crippen LogP contribution in [0.2, 0.25) is 0 Å². The Morgan fingerprint density at radius 1 is 1.45 bits per heavy atom. The molecular weight excluding hydrogens is 304 g/mol. The normalized spacial score (nSPS) is 23.7. The van der Waals surface area contributed by atoms with Crippen molar-refractivity contribution in [3.63, 3.8) is 0 Å². The predicted molar refractivity (Wildman–Crippen MR) is 81.9 cm³/mol. The summed E-state index contributed by atoms with van der Waals surface area (Å²) in [6.07, 6.45) is 5.44. The standard InChI is InChI=1S/C14H22N4O3S/c1-3-18-11(4-7-15-18)13(19)17-8-5-14(6-9-17)10-12(14)16-22(2,20)21/h4,7,12,16H,3,5-6,8-10H2,1-2H3. The number of piperidine rings is 1. The van der Waals surface area contributed by atoms with Gasteiger partial charge in [0.05, 0.1) is 6.26 Å². The number of hydrogen-bond donors (Lipinski definition) is 1. The van der Waals surface area contributed by atoms with Crippen molar-refractivity contribution in [3.05, 3.63) is 18.0 Å². The zero-order valence-electron chi connectivity index (χ0n) is 12.9. The maximum atomic E-state index is 12.5. The SMILES string of the molecule is CCn1nccc1C(=O)N1CCC2(CC1)CC2NS(C)(=O)=O. The van der Waals surface area contributed by atoms with Crippen LogP contribution in [0.4, 0.5) is 0 Å². The molecule has 122 valence electrons. The molecule has 0 bridgehead atoms. The summed E-state index contributed by atoms with van der Waals surface area (Å²) in [6, 6.07) is 1.79. The predicted octanol–water partition coefficient (Wildman–Crippen LogP) is 0.447. The second kappa shape index (κ2) is 5.34. The van der Waals surface area contributed by atoms with E-state index < -0.39 is 10.0 Å². The van der Waals surface area contributed by atoms with Crippen molar-refractivity contribution in [1.82, 2.24) is 19.4 Å². The summed E-state index contributed by atoms with van der Waals surface area (Å²) in [4.78, 5) is 14.4. The van der Waals surface area contributed by atoms with E-state index in [2.05, 4.69) is 9.82 Å². The molecule has 2 heterocycles. The zero-order chi connectivity index (χ0) is 16.0. The number of carbonyl (C=O) groups is 1. The highest BCUT2D eigenvalue weighted by Gasteiger charge is 2.56. The van der Waals surface area contributed by atoms with Crippen molar-refractivity contribution < 1.29 is 13.2 Å². The molecule has 1 spiro atoms. The van der Waals surface area contributed by atoms with E-state index in [0.29, 0.717) is 25.3 Å². The van der Waals surface area contributed by atoms with Crippen molar-refractivity contribution in [3.8, 4) is 0 Å². The number of hydrogen-bond acceptors (Lipinski definition) is 4. The molecule has 1 aliphatic heterocycles. The van der Waals surface area contributed by atoms with Crippen LogP contribution in [0.15, 0.2) is 12.3 Å². The third kappa shape index (κ3) is 2.89. The van der Waals surface area contributed by atoms with Crippen molar-refractivity contribution in [2.24, 2.45) is 5.41 Å². The van der Waals surface area contributed by atoms with Crippen LogP contribution in [0.25, 0.3) is 0 Å². The van der Waals surface area contributed by atoms with Gasteiger partial charge in [0.15, 0.2) is 0 Å². The van der Waals surface area contributed by atoms with Crippen LogP contribution in [-0.4, -0.2) is 54.4 Å². The first-order valence-corrected chi connectivity index (χ1v) is 9.52. The fraction of sp³-hybridized carbons (Fsp3) is 0.714. The molecule has 0 aromatic carbocycles. The highest BCUT2D eigenvalue weighted by Crippen LogP contribution is 2.54. The number of aromatic nitrogens is 2. The molecule has 2 aliphatic rings. The molecular formula is C14H22N4O3S. The second-order valence-corrected chi connectivity index (χ2v) is 8.11. The minimum absolute atomic E-state index is 0.0162. The molecule has 3 rings (SSSR count). The van der Waals surface area contributed by atoms with E-state index in [9.17, 15) is 13.2 Å². The lowest BCUT2D eigenvalue weighted by atomic mass is 9.92. The first-order chi connectivity index (χ1) is 10.3. The Morgan fingerprint density at radius 3 is 2.73 bits per heavy atom. The van der Waals surface area contributed by atoms with Crippen molar-refractivity contribution in [2.45, 2.75) is 38.8 Å². The summed E-state index contributed by atoms with van der Waals surface area (Å²) in [5.74, 6) is 0.0162. The molecule has 1 saturated carbocycles. The fourth-order valence-electron chi connectivity index (χ4n) is 3.41. The maximum absolute atomic E-state index is 12.5. The van der Waals surface area contributed by atoms with E-state index in [0.717, 1.165) is 19.3 Å². The number of likely N-dealkylation sites (tertiary alicyclic amines) is 1. The van der Waals surface area contributed by atoms with E-state index in [4.69, 9.17) is 0 Å². The van der Waals surface area contributed by atoms with Crippen LogP contribution in [0.5, 0.6) is 0 Å². The van der Waals surface area contributed by atoms with Gasteiger partial charge < -0.3 is 4.90 Å². The van der Waals surface area contributed by atoms with Crippen LogP contribution < -0.4 is 4.72 Å². The highest BCUT2D eigenvalue weighted by atomic mass is 32.2. The number of nitrogens with zero attached hydrogens (tertiary/aromatic N) is 3. The Labute approximate surface area is 130 Å². The van der Waals surface area contributed by atoms with E-state index in [-0.39, 0.29) is 17.4 Å². The van der Waals surface area contributed by atoms with Gasteiger partial charge in [-0.05, 0) is 37.7 Å². The van der Waals surface area contributed by atoms with Gasteiger partial charge in [0, 0.05) is 31.9 Å². The third-order valence-electron chi connectivity index (χ3n) is 4.83. The van der Waals surface area contributed by atoms with E-state index in [1.165, 1.54) is 6.26 Å². The molecule has 2 fully saturated rings. The number of sulfonamides is 1. The number of aryl methyl sites for hydroxylation is 1. The number of carbonyl (C=O) groups excluding carboxylic acids is 1. The average molecular weight is 326 g/mol. The molecule has 1 unspecified atom stereocenters. The Kier molecular flexibility index (Phi) is 3.76. The van der Waals surface area contributed by atoms with Gasteiger partial charge in [-0.3, -0.25) is 9.48 Å². The van der Waals surface area contributed by atoms with Gasteiger partial charge in [-0.25, -0.2) is 13.1 Å². The minimum atomic E-state index is -3.15. The lowest BCUT2D eigenvalue weighted by Gasteiger charge is -2.33. The first kappa shape index (κ1) is 15.5. The van der Waals surface area contributed by atoms with Crippen LogP contribution in [0, 0.1) is 5.41 Å². The summed E-state index contributed by atoms with van der Waals surface area (Å²) in [6.45, 7) is 3.98. The molecule has 0 radical (unpaired) electrons. The van der Waals surface area contributed by atoms with Crippen molar-refractivity contribution in [2.75, 3.05) is 19.3 Å². The van der Waals surface area contributed by atoms with Gasteiger partial charge in [0.1, 0.15) is 5.69 Å². The Morgan fingerprint density at radius 2 is 2.14 bits per heavy atom. The molecule has 1 aliphatic carbocycles. The molecule has 8 heteroatoms. The van der Waals surface area contributed by atoms with Crippen LogP contribution in [0.3, 0.4) is 0 Å². The number of rotatable bonds is 4. The molecule has 1 aromatic heterocycles. The van der Waals surface area contributed by atoms with Gasteiger partial charge in [0.25, 0.3) is 5.91 Å². The number of amides is 1. The Balaban J connectivity index is 1.60. The Bertz CT molecular complexity index is 674. The quantitative estimate of drug-likeness (QED) is 0.870. The minimum Gasteiger partial charge on any atom is -0.337 e. The maximum Gasteiger partial charge on any atom is 0.272 e. The molecule has 1 saturated heterocycles. The Hall–Kier alpha value is -1.41. The van der Waals surface area contributed by atoms with Crippen LogP contribution in [-0.2, 0) is 16.6 Å².